The molecule has 0 spiro atoms. The van der Waals surface area contributed by atoms with Gasteiger partial charge < -0.3 is 9.30 Å². The molecule has 0 radical (unpaired) electrons. The molecule has 0 bridgehead atoms. The van der Waals surface area contributed by atoms with E-state index >= 15 is 0 Å². The highest BCUT2D eigenvalue weighted by Crippen LogP contribution is 2.38. The smallest absolute Gasteiger partial charge is 0.215 e. The lowest BCUT2D eigenvalue weighted by Gasteiger charge is -2.05. The van der Waals surface area contributed by atoms with Gasteiger partial charge in [-0.1, -0.05) is 0 Å². The van der Waals surface area contributed by atoms with Crippen molar-refractivity contribution in [2.45, 2.75) is 25.3 Å². The summed E-state index contributed by atoms with van der Waals surface area (Å²) in [6.45, 7) is 0. The fourth-order valence-corrected chi connectivity index (χ4v) is 2.26. The van der Waals surface area contributed by atoms with Crippen LogP contribution in [0, 0.1) is 0 Å². The minimum absolute atomic E-state index is 0.554. The van der Waals surface area contributed by atoms with Crippen molar-refractivity contribution >= 4 is 22.8 Å². The van der Waals surface area contributed by atoms with Crippen LogP contribution < -0.4 is 4.74 Å². The number of fused-ring (bicyclic) bond motifs is 1. The first-order valence-corrected chi connectivity index (χ1v) is 6.34. The van der Waals surface area contributed by atoms with Crippen LogP contribution in [0.2, 0.25) is 0 Å². The SMILES string of the molecule is COc1ccc2nc(CCCl)n(C3CC3)c2n1. The molecule has 2 aromatic heterocycles. The molecule has 1 aliphatic carbocycles. The van der Waals surface area contributed by atoms with Crippen molar-refractivity contribution in [3.8, 4) is 5.88 Å². The molecule has 3 rings (SSSR count). The predicted molar refractivity (Wildman–Crippen MR) is 66.8 cm³/mol. The average molecular weight is 252 g/mol. The maximum Gasteiger partial charge on any atom is 0.215 e. The maximum atomic E-state index is 5.82. The second-order valence-electron chi connectivity index (χ2n) is 4.26. The zero-order valence-corrected chi connectivity index (χ0v) is 10.4. The number of pyridine rings is 1. The third kappa shape index (κ3) is 1.86. The van der Waals surface area contributed by atoms with Crippen LogP contribution in [-0.2, 0) is 6.42 Å². The molecule has 5 heteroatoms. The Morgan fingerprint density at radius 1 is 1.41 bits per heavy atom. The van der Waals surface area contributed by atoms with E-state index in [4.69, 9.17) is 16.3 Å². The second kappa shape index (κ2) is 4.18. The Balaban J connectivity index is 2.17. The Hall–Kier alpha value is -1.29. The Morgan fingerprint density at radius 3 is 2.88 bits per heavy atom. The molecule has 0 unspecified atom stereocenters. The van der Waals surface area contributed by atoms with Gasteiger partial charge in [0.1, 0.15) is 11.3 Å². The van der Waals surface area contributed by atoms with Crippen molar-refractivity contribution < 1.29 is 4.74 Å². The Bertz CT molecular complexity index is 548. The van der Waals surface area contributed by atoms with Gasteiger partial charge in [-0.15, -0.1) is 11.6 Å². The third-order valence-electron chi connectivity index (χ3n) is 3.02. The molecule has 0 amide bonds. The summed E-state index contributed by atoms with van der Waals surface area (Å²) in [7, 11) is 1.63. The third-order valence-corrected chi connectivity index (χ3v) is 3.21. The first kappa shape index (κ1) is 10.8. The zero-order valence-electron chi connectivity index (χ0n) is 9.69. The number of hydrogen-bond donors (Lipinski definition) is 0. The molecular formula is C12H14ClN3O. The number of nitrogens with zero attached hydrogens (tertiary/aromatic N) is 3. The highest BCUT2D eigenvalue weighted by molar-refractivity contribution is 6.17. The van der Waals surface area contributed by atoms with Crippen molar-refractivity contribution in [3.63, 3.8) is 0 Å². The predicted octanol–water partition coefficient (Wildman–Crippen LogP) is 2.56. The number of imidazole rings is 1. The number of rotatable bonds is 4. The lowest BCUT2D eigenvalue weighted by molar-refractivity contribution is 0.399. The number of aromatic nitrogens is 3. The largest absolute Gasteiger partial charge is 0.481 e. The summed E-state index contributed by atoms with van der Waals surface area (Å²) < 4.78 is 7.39. The van der Waals surface area contributed by atoms with Crippen LogP contribution in [0.15, 0.2) is 12.1 Å². The van der Waals surface area contributed by atoms with Gasteiger partial charge in [0.15, 0.2) is 5.65 Å². The average Bonchev–Trinajstić information content (AvgIpc) is 3.11. The Morgan fingerprint density at radius 2 is 2.24 bits per heavy atom. The molecule has 0 saturated heterocycles. The fraction of sp³-hybridized carbons (Fsp3) is 0.500. The van der Waals surface area contributed by atoms with E-state index in [0.717, 1.165) is 23.4 Å². The molecule has 17 heavy (non-hydrogen) atoms. The molecule has 2 heterocycles. The van der Waals surface area contributed by atoms with Crippen LogP contribution in [-0.4, -0.2) is 27.5 Å². The van der Waals surface area contributed by atoms with Gasteiger partial charge in [0, 0.05) is 24.4 Å². The van der Waals surface area contributed by atoms with Crippen LogP contribution in [0.1, 0.15) is 24.7 Å². The molecule has 0 atom stereocenters. The van der Waals surface area contributed by atoms with Crippen LogP contribution in [0.4, 0.5) is 0 Å². The van der Waals surface area contributed by atoms with E-state index < -0.39 is 0 Å². The van der Waals surface area contributed by atoms with Gasteiger partial charge in [-0.2, -0.15) is 4.98 Å². The van der Waals surface area contributed by atoms with Gasteiger partial charge in [-0.3, -0.25) is 0 Å². The number of ether oxygens (including phenoxy) is 1. The van der Waals surface area contributed by atoms with Crippen LogP contribution >= 0.6 is 11.6 Å². The number of hydrogen-bond acceptors (Lipinski definition) is 3. The summed E-state index contributed by atoms with van der Waals surface area (Å²) in [5, 5.41) is 0. The van der Waals surface area contributed by atoms with Crippen molar-refractivity contribution in [3.05, 3.63) is 18.0 Å². The molecule has 0 aromatic carbocycles. The van der Waals surface area contributed by atoms with Crippen molar-refractivity contribution in [2.24, 2.45) is 0 Å². The monoisotopic (exact) mass is 251 g/mol. The first-order chi connectivity index (χ1) is 8.33. The summed E-state index contributed by atoms with van der Waals surface area (Å²) in [5.41, 5.74) is 1.85. The summed E-state index contributed by atoms with van der Waals surface area (Å²) in [6.07, 6.45) is 3.20. The Labute approximate surface area is 105 Å². The van der Waals surface area contributed by atoms with Crippen LogP contribution in [0.3, 0.4) is 0 Å². The van der Waals surface area contributed by atoms with Crippen LogP contribution in [0.5, 0.6) is 5.88 Å². The molecule has 4 nitrogen and oxygen atoms in total. The first-order valence-electron chi connectivity index (χ1n) is 5.81. The summed E-state index contributed by atoms with van der Waals surface area (Å²) >= 11 is 5.82. The van der Waals surface area contributed by atoms with E-state index in [0.29, 0.717) is 17.8 Å². The van der Waals surface area contributed by atoms with E-state index in [1.165, 1.54) is 12.8 Å². The van der Waals surface area contributed by atoms with Gasteiger partial charge >= 0.3 is 0 Å². The lowest BCUT2D eigenvalue weighted by Crippen LogP contribution is -2.03. The van der Waals surface area contributed by atoms with Gasteiger partial charge in [-0.05, 0) is 18.9 Å². The van der Waals surface area contributed by atoms with Crippen molar-refractivity contribution in [2.75, 3.05) is 13.0 Å². The van der Waals surface area contributed by atoms with E-state index in [2.05, 4.69) is 14.5 Å². The normalized spacial score (nSPS) is 15.4. The van der Waals surface area contributed by atoms with E-state index in [9.17, 15) is 0 Å². The zero-order chi connectivity index (χ0) is 11.8. The summed E-state index contributed by atoms with van der Waals surface area (Å²) in [5.74, 6) is 2.27. The summed E-state index contributed by atoms with van der Waals surface area (Å²) in [6, 6.07) is 4.35. The lowest BCUT2D eigenvalue weighted by atomic mass is 10.4. The molecule has 1 saturated carbocycles. The second-order valence-corrected chi connectivity index (χ2v) is 4.64. The van der Waals surface area contributed by atoms with Crippen molar-refractivity contribution in [1.29, 1.82) is 0 Å². The van der Waals surface area contributed by atoms with Crippen molar-refractivity contribution in [1.82, 2.24) is 14.5 Å². The molecule has 0 N–H and O–H groups in total. The fourth-order valence-electron chi connectivity index (χ4n) is 2.09. The number of halogens is 1. The summed E-state index contributed by atoms with van der Waals surface area (Å²) in [4.78, 5) is 9.09. The molecule has 1 fully saturated rings. The van der Waals surface area contributed by atoms with Crippen LogP contribution in [0.25, 0.3) is 11.2 Å². The molecule has 2 aromatic rings. The minimum atomic E-state index is 0.554. The van der Waals surface area contributed by atoms with E-state index in [1.807, 2.05) is 12.1 Å². The highest BCUT2D eigenvalue weighted by Gasteiger charge is 2.28. The number of alkyl halides is 1. The molecule has 1 aliphatic rings. The van der Waals surface area contributed by atoms with Gasteiger partial charge in [0.05, 0.1) is 7.11 Å². The number of methoxy groups -OCH3 is 1. The van der Waals surface area contributed by atoms with Gasteiger partial charge in [-0.25, -0.2) is 4.98 Å². The van der Waals surface area contributed by atoms with Gasteiger partial charge in [0.25, 0.3) is 0 Å². The molecular weight excluding hydrogens is 238 g/mol. The maximum absolute atomic E-state index is 5.82. The van der Waals surface area contributed by atoms with E-state index in [-0.39, 0.29) is 0 Å². The topological polar surface area (TPSA) is 39.9 Å². The Kier molecular flexibility index (Phi) is 2.67. The van der Waals surface area contributed by atoms with E-state index in [1.54, 1.807) is 7.11 Å². The minimum Gasteiger partial charge on any atom is -0.481 e. The quantitative estimate of drug-likeness (QED) is 0.784. The standard InChI is InChI=1S/C12H14ClN3O/c1-17-11-5-4-9-12(15-11)16(8-2-3-8)10(14-9)6-7-13/h4-5,8H,2-3,6-7H2,1H3. The van der Waals surface area contributed by atoms with Gasteiger partial charge in [0.2, 0.25) is 5.88 Å². The molecule has 90 valence electrons. The highest BCUT2D eigenvalue weighted by atomic mass is 35.5. The molecule has 0 aliphatic heterocycles. The number of aryl methyl sites for hydroxylation is 1.